The first-order chi connectivity index (χ1) is 10.0. The van der Waals surface area contributed by atoms with Gasteiger partial charge >= 0.3 is 5.97 Å². The fourth-order valence-corrected chi connectivity index (χ4v) is 2.25. The molecule has 0 bridgehead atoms. The van der Waals surface area contributed by atoms with E-state index in [9.17, 15) is 18.8 Å². The number of ether oxygens (including phenoxy) is 1. The molecule has 1 aromatic rings. The second-order valence-electron chi connectivity index (χ2n) is 4.89. The fraction of sp³-hybridized carbons (Fsp3) is 0.400. The minimum absolute atomic E-state index is 0.0238. The third-order valence-electron chi connectivity index (χ3n) is 3.41. The Hall–Kier alpha value is -2.24. The van der Waals surface area contributed by atoms with Crippen molar-refractivity contribution in [3.8, 4) is 0 Å². The second kappa shape index (κ2) is 6.47. The highest BCUT2D eigenvalue weighted by molar-refractivity contribution is 5.96. The molecule has 112 valence electrons. The van der Waals surface area contributed by atoms with Gasteiger partial charge in [-0.3, -0.25) is 14.5 Å². The summed E-state index contributed by atoms with van der Waals surface area (Å²) in [5.74, 6) is -1.97. The Balaban J connectivity index is 2.19. The Kier molecular flexibility index (Phi) is 4.67. The standard InChI is InChI=1S/C15H16FNO4/c1-21-15(20)11-7-6-10(8-12(11)16)9-17-13(18)4-2-3-5-14(17)19/h6-8H,2-5,9H2,1H3. The number of hydrogen-bond acceptors (Lipinski definition) is 4. The largest absolute Gasteiger partial charge is 0.465 e. The molecule has 0 saturated carbocycles. The highest BCUT2D eigenvalue weighted by Gasteiger charge is 2.24. The number of benzene rings is 1. The van der Waals surface area contributed by atoms with E-state index in [2.05, 4.69) is 4.74 Å². The van der Waals surface area contributed by atoms with Crippen molar-refractivity contribution in [1.29, 1.82) is 0 Å². The summed E-state index contributed by atoms with van der Waals surface area (Å²) in [4.78, 5) is 36.2. The molecular formula is C15H16FNO4. The molecule has 1 fully saturated rings. The van der Waals surface area contributed by atoms with Crippen LogP contribution in [0.2, 0.25) is 0 Å². The molecule has 1 saturated heterocycles. The maximum atomic E-state index is 13.8. The van der Waals surface area contributed by atoms with Gasteiger partial charge in [-0.25, -0.2) is 9.18 Å². The molecule has 0 aliphatic carbocycles. The Morgan fingerprint density at radius 3 is 2.38 bits per heavy atom. The number of hydrogen-bond donors (Lipinski definition) is 0. The van der Waals surface area contributed by atoms with Gasteiger partial charge in [-0.05, 0) is 30.5 Å². The molecule has 0 unspecified atom stereocenters. The third kappa shape index (κ3) is 3.45. The minimum atomic E-state index is -0.763. The normalized spacial score (nSPS) is 15.8. The Labute approximate surface area is 121 Å². The van der Waals surface area contributed by atoms with E-state index in [4.69, 9.17) is 0 Å². The van der Waals surface area contributed by atoms with E-state index in [1.807, 2.05) is 0 Å². The van der Waals surface area contributed by atoms with E-state index in [1.54, 1.807) is 0 Å². The van der Waals surface area contributed by atoms with E-state index in [0.29, 0.717) is 31.2 Å². The van der Waals surface area contributed by atoms with Crippen LogP contribution < -0.4 is 0 Å². The zero-order valence-electron chi connectivity index (χ0n) is 11.7. The lowest BCUT2D eigenvalue weighted by Crippen LogP contribution is -2.34. The molecule has 5 nitrogen and oxygen atoms in total. The van der Waals surface area contributed by atoms with Gasteiger partial charge in [0.25, 0.3) is 0 Å². The molecule has 0 atom stereocenters. The summed E-state index contributed by atoms with van der Waals surface area (Å²) in [6.07, 6.45) is 2.04. The monoisotopic (exact) mass is 293 g/mol. The molecule has 0 spiro atoms. The summed E-state index contributed by atoms with van der Waals surface area (Å²) in [6.45, 7) is 0.0238. The number of nitrogens with zero attached hydrogens (tertiary/aromatic N) is 1. The zero-order valence-corrected chi connectivity index (χ0v) is 11.7. The van der Waals surface area contributed by atoms with Gasteiger partial charge in [-0.1, -0.05) is 6.07 Å². The molecule has 0 radical (unpaired) electrons. The van der Waals surface area contributed by atoms with E-state index >= 15 is 0 Å². The first kappa shape index (κ1) is 15.2. The molecule has 6 heteroatoms. The summed E-state index contributed by atoms with van der Waals surface area (Å²) >= 11 is 0. The molecule has 1 aliphatic rings. The Morgan fingerprint density at radius 1 is 1.24 bits per heavy atom. The highest BCUT2D eigenvalue weighted by atomic mass is 19.1. The number of rotatable bonds is 3. The number of likely N-dealkylation sites (tertiary alicyclic amines) is 1. The number of imide groups is 1. The predicted octanol–water partition coefficient (Wildman–Crippen LogP) is 2.04. The van der Waals surface area contributed by atoms with Crippen molar-refractivity contribution in [2.24, 2.45) is 0 Å². The number of carbonyl (C=O) groups is 3. The van der Waals surface area contributed by atoms with Crippen LogP contribution in [0.5, 0.6) is 0 Å². The van der Waals surface area contributed by atoms with Gasteiger partial charge in [0.05, 0.1) is 19.2 Å². The average Bonchev–Trinajstić information content (AvgIpc) is 2.62. The van der Waals surface area contributed by atoms with Crippen LogP contribution in [0.1, 0.15) is 41.6 Å². The van der Waals surface area contributed by atoms with Gasteiger partial charge in [0, 0.05) is 12.8 Å². The molecule has 1 aliphatic heterocycles. The maximum absolute atomic E-state index is 13.8. The van der Waals surface area contributed by atoms with Crippen molar-refractivity contribution >= 4 is 17.8 Å². The first-order valence-electron chi connectivity index (χ1n) is 6.73. The van der Waals surface area contributed by atoms with Crippen molar-refractivity contribution in [1.82, 2.24) is 4.90 Å². The lowest BCUT2D eigenvalue weighted by molar-refractivity contribution is -0.144. The van der Waals surface area contributed by atoms with Crippen LogP contribution in [-0.4, -0.2) is 29.8 Å². The van der Waals surface area contributed by atoms with Gasteiger partial charge in [0.1, 0.15) is 5.82 Å². The molecule has 0 aromatic heterocycles. The molecule has 21 heavy (non-hydrogen) atoms. The topological polar surface area (TPSA) is 63.7 Å². The molecule has 2 amide bonds. The fourth-order valence-electron chi connectivity index (χ4n) is 2.25. The maximum Gasteiger partial charge on any atom is 0.340 e. The van der Waals surface area contributed by atoms with Gasteiger partial charge < -0.3 is 4.74 Å². The molecular weight excluding hydrogens is 277 g/mol. The number of amides is 2. The van der Waals surface area contributed by atoms with Crippen LogP contribution in [0.4, 0.5) is 4.39 Å². The minimum Gasteiger partial charge on any atom is -0.465 e. The van der Waals surface area contributed by atoms with Crippen LogP contribution in [0.3, 0.4) is 0 Å². The first-order valence-corrected chi connectivity index (χ1v) is 6.73. The quantitative estimate of drug-likeness (QED) is 0.632. The van der Waals surface area contributed by atoms with Crippen molar-refractivity contribution in [2.45, 2.75) is 32.2 Å². The summed E-state index contributed by atoms with van der Waals surface area (Å²) < 4.78 is 18.3. The second-order valence-corrected chi connectivity index (χ2v) is 4.89. The van der Waals surface area contributed by atoms with Gasteiger partial charge in [0.15, 0.2) is 0 Å². The number of methoxy groups -OCH3 is 1. The highest BCUT2D eigenvalue weighted by Crippen LogP contribution is 2.18. The van der Waals surface area contributed by atoms with Crippen LogP contribution in [0.25, 0.3) is 0 Å². The van der Waals surface area contributed by atoms with Crippen molar-refractivity contribution in [3.05, 3.63) is 35.1 Å². The van der Waals surface area contributed by atoms with Crippen molar-refractivity contribution in [2.75, 3.05) is 7.11 Å². The predicted molar refractivity (Wildman–Crippen MR) is 71.8 cm³/mol. The van der Waals surface area contributed by atoms with E-state index < -0.39 is 11.8 Å². The average molecular weight is 293 g/mol. The van der Waals surface area contributed by atoms with Crippen LogP contribution in [-0.2, 0) is 20.9 Å². The van der Waals surface area contributed by atoms with E-state index in [-0.39, 0.29) is 23.9 Å². The third-order valence-corrected chi connectivity index (χ3v) is 3.41. The SMILES string of the molecule is COC(=O)c1ccc(CN2C(=O)CCCCC2=O)cc1F. The summed E-state index contributed by atoms with van der Waals surface area (Å²) in [6, 6.07) is 3.96. The number of carbonyl (C=O) groups excluding carboxylic acids is 3. The number of esters is 1. The Morgan fingerprint density at radius 2 is 1.86 bits per heavy atom. The molecule has 2 rings (SSSR count). The smallest absolute Gasteiger partial charge is 0.340 e. The summed E-state index contributed by atoms with van der Waals surface area (Å²) in [5, 5.41) is 0. The number of halogens is 1. The lowest BCUT2D eigenvalue weighted by Gasteiger charge is -2.18. The van der Waals surface area contributed by atoms with Gasteiger partial charge in [-0.15, -0.1) is 0 Å². The zero-order chi connectivity index (χ0) is 15.4. The van der Waals surface area contributed by atoms with Crippen LogP contribution >= 0.6 is 0 Å². The molecule has 1 heterocycles. The van der Waals surface area contributed by atoms with Crippen molar-refractivity contribution in [3.63, 3.8) is 0 Å². The van der Waals surface area contributed by atoms with Crippen LogP contribution in [0.15, 0.2) is 18.2 Å². The van der Waals surface area contributed by atoms with E-state index in [0.717, 1.165) is 11.0 Å². The van der Waals surface area contributed by atoms with Gasteiger partial charge in [0.2, 0.25) is 11.8 Å². The van der Waals surface area contributed by atoms with Crippen LogP contribution in [0, 0.1) is 5.82 Å². The lowest BCUT2D eigenvalue weighted by atomic mass is 10.1. The molecule has 1 aromatic carbocycles. The molecule has 0 N–H and O–H groups in total. The summed E-state index contributed by atoms with van der Waals surface area (Å²) in [5.41, 5.74) is 0.290. The van der Waals surface area contributed by atoms with E-state index in [1.165, 1.54) is 19.2 Å². The summed E-state index contributed by atoms with van der Waals surface area (Å²) in [7, 11) is 1.17. The van der Waals surface area contributed by atoms with Crippen molar-refractivity contribution < 1.29 is 23.5 Å². The van der Waals surface area contributed by atoms with Gasteiger partial charge in [-0.2, -0.15) is 0 Å². The Bertz CT molecular complexity index is 567.